The summed E-state index contributed by atoms with van der Waals surface area (Å²) < 4.78 is 15.4. The van der Waals surface area contributed by atoms with Gasteiger partial charge in [-0.05, 0) is 86.6 Å². The third-order valence-electron chi connectivity index (χ3n) is 12.1. The van der Waals surface area contributed by atoms with Crippen molar-refractivity contribution in [3.05, 3.63) is 118 Å². The molecular weight excluding hydrogens is 765 g/mol. The van der Waals surface area contributed by atoms with Gasteiger partial charge in [0, 0.05) is 75.1 Å². The number of nitrogens with zero attached hydrogens (tertiary/aromatic N) is 8. The van der Waals surface area contributed by atoms with Gasteiger partial charge in [0.1, 0.15) is 23.6 Å². The Bertz CT molecular complexity index is 2570. The summed E-state index contributed by atoms with van der Waals surface area (Å²) in [5.41, 5.74) is 8.57. The van der Waals surface area contributed by atoms with Crippen molar-refractivity contribution in [1.29, 1.82) is 0 Å². The first-order chi connectivity index (χ1) is 28.4. The summed E-state index contributed by atoms with van der Waals surface area (Å²) in [6, 6.07) is 32.3. The molecule has 2 aliphatic rings. The summed E-state index contributed by atoms with van der Waals surface area (Å²) in [6.07, 6.45) is 0. The van der Waals surface area contributed by atoms with Crippen LogP contribution in [-0.2, 0) is 4.79 Å². The predicted octanol–water partition coefficient (Wildman–Crippen LogP) is 8.04. The van der Waals surface area contributed by atoms with Gasteiger partial charge in [0.05, 0.1) is 46.0 Å². The molecule has 0 radical (unpaired) electrons. The monoisotopic (exact) mass is 810 g/mol. The number of ketones is 1. The van der Waals surface area contributed by atoms with E-state index in [0.717, 1.165) is 128 Å². The molecule has 58 heavy (non-hydrogen) atoms. The summed E-state index contributed by atoms with van der Waals surface area (Å²) in [5.74, 6) is 1.91. The topological polar surface area (TPSA) is 83.1 Å². The third kappa shape index (κ3) is 6.28. The molecule has 2 unspecified atom stereocenters. The van der Waals surface area contributed by atoms with Crippen molar-refractivity contribution in [3.8, 4) is 11.5 Å². The number of benzene rings is 4. The molecule has 2 aliphatic heterocycles. The van der Waals surface area contributed by atoms with E-state index in [1.54, 1.807) is 36.9 Å². The Morgan fingerprint density at radius 3 is 1.31 bits per heavy atom. The van der Waals surface area contributed by atoms with Crippen molar-refractivity contribution in [2.75, 3.05) is 76.4 Å². The highest BCUT2D eigenvalue weighted by molar-refractivity contribution is 7.18. The first kappa shape index (κ1) is 36.8. The van der Waals surface area contributed by atoms with Crippen molar-refractivity contribution in [2.45, 2.75) is 25.9 Å². The summed E-state index contributed by atoms with van der Waals surface area (Å²) in [5, 5.41) is 0. The maximum Gasteiger partial charge on any atom is 0.195 e. The standard InChI is InChI=1S/C45H46N8O3S2/c1-29-42(57-44-46-35-9-5-7-11-37(35)52(29)44)39(50-25-21-48(22-26-50)31-13-17-33(55-3)18-14-31)41(54)40(43-30(2)53-38-12-8-6-10-36(38)47-45(53)58-43)51-27-23-49(24-28-51)32-15-19-34(56-4)20-16-32/h5-20,39-40H,21-28H2,1-4H3. The van der Waals surface area contributed by atoms with E-state index in [4.69, 9.17) is 19.4 Å². The maximum absolute atomic E-state index is 16.1. The molecule has 2 fully saturated rings. The Morgan fingerprint density at radius 1 is 0.552 bits per heavy atom. The fourth-order valence-electron chi connectivity index (χ4n) is 9.03. The number of Topliss-reactive ketones (excluding diaryl/α,β-unsaturated/α-hetero) is 1. The second-order valence-electron chi connectivity index (χ2n) is 15.2. The zero-order valence-electron chi connectivity index (χ0n) is 33.2. The van der Waals surface area contributed by atoms with Crippen molar-refractivity contribution in [2.24, 2.45) is 0 Å². The molecule has 10 rings (SSSR count). The minimum atomic E-state index is -0.460. The number of para-hydroxylation sites is 4. The van der Waals surface area contributed by atoms with Crippen LogP contribution in [0.1, 0.15) is 33.2 Å². The summed E-state index contributed by atoms with van der Waals surface area (Å²) >= 11 is 3.33. The van der Waals surface area contributed by atoms with Gasteiger partial charge in [0.25, 0.3) is 0 Å². The van der Waals surface area contributed by atoms with Gasteiger partial charge < -0.3 is 19.3 Å². The quantitative estimate of drug-likeness (QED) is 0.136. The van der Waals surface area contributed by atoms with Crippen LogP contribution in [0.2, 0.25) is 0 Å². The summed E-state index contributed by atoms with van der Waals surface area (Å²) in [4.78, 5) is 39.9. The van der Waals surface area contributed by atoms with Crippen molar-refractivity contribution in [1.82, 2.24) is 28.6 Å². The van der Waals surface area contributed by atoms with E-state index in [1.165, 1.54) is 0 Å². The number of ether oxygens (including phenoxy) is 2. The van der Waals surface area contributed by atoms with Gasteiger partial charge in [-0.15, -0.1) is 0 Å². The van der Waals surface area contributed by atoms with E-state index < -0.39 is 12.1 Å². The van der Waals surface area contributed by atoms with Gasteiger partial charge >= 0.3 is 0 Å². The van der Waals surface area contributed by atoms with E-state index in [-0.39, 0.29) is 5.78 Å². The second-order valence-corrected chi connectivity index (χ2v) is 17.2. The van der Waals surface area contributed by atoms with E-state index in [1.807, 2.05) is 36.4 Å². The molecule has 8 aromatic rings. The van der Waals surface area contributed by atoms with Crippen LogP contribution in [-0.4, -0.2) is 101 Å². The van der Waals surface area contributed by atoms with E-state index in [2.05, 4.69) is 103 Å². The lowest BCUT2D eigenvalue weighted by atomic mass is 9.96. The molecule has 2 saturated heterocycles. The molecule has 0 amide bonds. The van der Waals surface area contributed by atoms with Crippen molar-refractivity contribution in [3.63, 3.8) is 0 Å². The van der Waals surface area contributed by atoms with E-state index >= 15 is 4.79 Å². The number of fused-ring (bicyclic) bond motifs is 6. The molecule has 0 aliphatic carbocycles. The number of piperazine rings is 2. The molecule has 0 N–H and O–H groups in total. The molecule has 0 spiro atoms. The molecule has 4 aromatic heterocycles. The van der Waals surface area contributed by atoms with Gasteiger partial charge in [-0.3, -0.25) is 23.4 Å². The van der Waals surface area contributed by atoms with Crippen molar-refractivity contribution >= 4 is 71.8 Å². The van der Waals surface area contributed by atoms with Crippen LogP contribution in [0.25, 0.3) is 32.0 Å². The van der Waals surface area contributed by atoms with Gasteiger partial charge in [0.15, 0.2) is 15.7 Å². The molecule has 2 atom stereocenters. The fourth-order valence-corrected chi connectivity index (χ4v) is 11.6. The lowest BCUT2D eigenvalue weighted by Crippen LogP contribution is -2.53. The van der Waals surface area contributed by atoms with Crippen LogP contribution < -0.4 is 19.3 Å². The highest BCUT2D eigenvalue weighted by Crippen LogP contribution is 2.43. The number of methoxy groups -OCH3 is 2. The number of imidazole rings is 2. The number of aromatic nitrogens is 4. The van der Waals surface area contributed by atoms with Crippen LogP contribution in [0.15, 0.2) is 97.1 Å². The number of rotatable bonds is 10. The van der Waals surface area contributed by atoms with Gasteiger partial charge in [-0.2, -0.15) is 0 Å². The SMILES string of the molecule is COc1ccc(N2CCN(C(C(=O)C(c3sc4nc5ccccc5n4c3C)N3CCN(c4ccc(OC)cc4)CC3)c3sc4nc5ccccc5n4c3C)CC2)cc1. The number of carbonyl (C=O) groups excluding carboxylic acids is 1. The zero-order chi connectivity index (χ0) is 39.5. The Kier molecular flexibility index (Phi) is 9.55. The molecule has 0 bridgehead atoms. The fraction of sp³-hybridized carbons (Fsp3) is 0.311. The Morgan fingerprint density at radius 2 is 0.931 bits per heavy atom. The van der Waals surface area contributed by atoms with Crippen LogP contribution >= 0.6 is 22.7 Å². The predicted molar refractivity (Wildman–Crippen MR) is 235 cm³/mol. The number of hydrogen-bond donors (Lipinski definition) is 0. The third-order valence-corrected chi connectivity index (χ3v) is 14.5. The molecule has 296 valence electrons. The van der Waals surface area contributed by atoms with Gasteiger partial charge in [-0.25, -0.2) is 9.97 Å². The highest BCUT2D eigenvalue weighted by atomic mass is 32.1. The molecular formula is C45H46N8O3S2. The Labute approximate surface area is 345 Å². The highest BCUT2D eigenvalue weighted by Gasteiger charge is 2.43. The largest absolute Gasteiger partial charge is 0.497 e. The first-order valence-corrected chi connectivity index (χ1v) is 21.6. The Balaban J connectivity index is 1.05. The lowest BCUT2D eigenvalue weighted by Gasteiger charge is -2.43. The number of carbonyl (C=O) groups is 1. The number of thiazole rings is 2. The van der Waals surface area contributed by atoms with Crippen molar-refractivity contribution < 1.29 is 14.3 Å². The number of hydrogen-bond acceptors (Lipinski definition) is 11. The summed E-state index contributed by atoms with van der Waals surface area (Å²) in [6.45, 7) is 10.6. The average molecular weight is 811 g/mol. The molecule has 6 heterocycles. The maximum atomic E-state index is 16.1. The average Bonchev–Trinajstić information content (AvgIpc) is 4.00. The Hall–Kier alpha value is -5.47. The minimum Gasteiger partial charge on any atom is -0.497 e. The van der Waals surface area contributed by atoms with Gasteiger partial charge in [-0.1, -0.05) is 46.9 Å². The molecule has 4 aromatic carbocycles. The molecule has 0 saturated carbocycles. The van der Waals surface area contributed by atoms with Gasteiger partial charge in [0.2, 0.25) is 0 Å². The van der Waals surface area contributed by atoms with E-state index in [9.17, 15) is 0 Å². The van der Waals surface area contributed by atoms with Crippen LogP contribution in [0.4, 0.5) is 11.4 Å². The minimum absolute atomic E-state index is 0.213. The van der Waals surface area contributed by atoms with E-state index in [0.29, 0.717) is 0 Å². The van der Waals surface area contributed by atoms with Crippen LogP contribution in [0.5, 0.6) is 11.5 Å². The first-order valence-electron chi connectivity index (χ1n) is 19.9. The normalized spacial score (nSPS) is 16.8. The van der Waals surface area contributed by atoms with Crippen LogP contribution in [0.3, 0.4) is 0 Å². The number of anilines is 2. The number of aryl methyl sites for hydroxylation is 2. The second kappa shape index (κ2) is 15.0. The smallest absolute Gasteiger partial charge is 0.195 e. The lowest BCUT2D eigenvalue weighted by molar-refractivity contribution is -0.130. The van der Waals surface area contributed by atoms with Crippen LogP contribution in [0, 0.1) is 13.8 Å². The summed E-state index contributed by atoms with van der Waals surface area (Å²) in [7, 11) is 3.40. The molecule has 13 heteroatoms. The zero-order valence-corrected chi connectivity index (χ0v) is 34.8. The molecule has 11 nitrogen and oxygen atoms in total.